The van der Waals surface area contributed by atoms with Crippen LogP contribution in [0.25, 0.3) is 0 Å². The van der Waals surface area contributed by atoms with Crippen LogP contribution >= 0.6 is 0 Å². The van der Waals surface area contributed by atoms with Gasteiger partial charge in [0, 0.05) is 0 Å². The molecule has 0 heterocycles. The van der Waals surface area contributed by atoms with Gasteiger partial charge in [-0.3, -0.25) is 9.59 Å². The number of carbonyl (C=O) groups excluding carboxylic acids is 3. The van der Waals surface area contributed by atoms with E-state index < -0.39 is 35.0 Å². The molecule has 0 spiro atoms. The highest BCUT2D eigenvalue weighted by Gasteiger charge is 2.60. The smallest absolute Gasteiger partial charge is 0.449 e. The van der Waals surface area contributed by atoms with Gasteiger partial charge in [-0.05, 0) is 49.2 Å². The molecular weight excluding hydrogens is 456 g/mol. The maximum absolute atomic E-state index is 13.4. The van der Waals surface area contributed by atoms with Gasteiger partial charge in [0.05, 0.1) is 0 Å². The van der Waals surface area contributed by atoms with E-state index in [1.54, 1.807) is 0 Å². The highest BCUT2D eigenvalue weighted by molar-refractivity contribution is 6.31. The summed E-state index contributed by atoms with van der Waals surface area (Å²) in [5.74, 6) is -3.16. The molecule has 0 saturated carbocycles. The monoisotopic (exact) mass is 506 g/mol. The number of esters is 1. The molecule has 36 heavy (non-hydrogen) atoms. The largest absolute Gasteiger partial charge is 0.513 e. The van der Waals surface area contributed by atoms with E-state index in [0.717, 1.165) is 25.2 Å². The molecule has 1 atom stereocenters. The number of rotatable bonds is 20. The maximum Gasteiger partial charge on any atom is 0.513 e. The van der Waals surface area contributed by atoms with Crippen LogP contribution in [-0.2, 0) is 19.1 Å². The van der Waals surface area contributed by atoms with Crippen LogP contribution in [-0.4, -0.2) is 28.8 Å². The third-order valence-electron chi connectivity index (χ3n) is 6.90. The van der Waals surface area contributed by atoms with Crippen LogP contribution in [0.3, 0.4) is 0 Å². The Morgan fingerprint density at radius 3 is 1.36 bits per heavy atom. The van der Waals surface area contributed by atoms with Crippen LogP contribution < -0.4 is 0 Å². The maximum atomic E-state index is 13.4. The minimum atomic E-state index is -2.29. The summed E-state index contributed by atoms with van der Waals surface area (Å²) in [6.07, 6.45) is 11.3. The third kappa shape index (κ3) is 10.8. The third-order valence-corrected chi connectivity index (χ3v) is 6.90. The molecule has 0 aromatic carbocycles. The van der Waals surface area contributed by atoms with Crippen LogP contribution in [0.5, 0.6) is 0 Å². The van der Waals surface area contributed by atoms with Gasteiger partial charge in [-0.15, -0.1) is 0 Å². The molecule has 0 amide bonds. The van der Waals surface area contributed by atoms with E-state index in [2.05, 4.69) is 31.7 Å². The first kappa shape index (κ1) is 33.8. The van der Waals surface area contributed by atoms with Gasteiger partial charge in [0.1, 0.15) is 0 Å². The molecule has 0 fully saturated rings. The van der Waals surface area contributed by atoms with Crippen molar-refractivity contribution < 1.29 is 29.0 Å². The number of ketones is 2. The highest BCUT2D eigenvalue weighted by Crippen LogP contribution is 2.43. The summed E-state index contributed by atoms with van der Waals surface area (Å²) in [5, 5.41) is 9.10. The van der Waals surface area contributed by atoms with E-state index in [4.69, 9.17) is 5.11 Å². The molecule has 0 aliphatic heterocycles. The van der Waals surface area contributed by atoms with Crippen LogP contribution in [0, 0.1) is 23.2 Å². The predicted octanol–water partition coefficient (Wildman–Crippen LogP) is 8.09. The summed E-state index contributed by atoms with van der Waals surface area (Å²) < 4.78 is 4.46. The topological polar surface area (TPSA) is 97.7 Å². The molecule has 6 heteroatoms. The first-order valence-electron chi connectivity index (χ1n) is 13.7. The number of Topliss-reactive ketones (excluding diaryl/α,β-unsaturated/α-hetero) is 2. The summed E-state index contributed by atoms with van der Waals surface area (Å²) in [6.45, 7) is 18.3. The van der Waals surface area contributed by atoms with E-state index in [9.17, 15) is 19.2 Å². The standard InChI is InChI=1S/C30H50O6/c1-21(2)19-17-15-13-11-9-10-12-14-16-18-20-25(22(3)4)30(26(31)23(5)6,27(32)24(7)8)28(33)36-29(34)35/h21-22,25H,5,7,9-20H2,1-4,6,8H3,(H,34,35). The van der Waals surface area contributed by atoms with Crippen molar-refractivity contribution in [2.45, 2.75) is 119 Å². The molecule has 0 bridgehead atoms. The molecule has 206 valence electrons. The minimum Gasteiger partial charge on any atom is -0.449 e. The summed E-state index contributed by atoms with van der Waals surface area (Å²) in [7, 11) is 0. The van der Waals surface area contributed by atoms with Crippen molar-refractivity contribution in [3.8, 4) is 0 Å². The van der Waals surface area contributed by atoms with Crippen molar-refractivity contribution >= 4 is 23.7 Å². The lowest BCUT2D eigenvalue weighted by molar-refractivity contribution is -0.164. The Bertz CT molecular complexity index is 735. The van der Waals surface area contributed by atoms with E-state index >= 15 is 0 Å². The van der Waals surface area contributed by atoms with Gasteiger partial charge in [0.25, 0.3) is 0 Å². The molecule has 6 nitrogen and oxygen atoms in total. The lowest BCUT2D eigenvalue weighted by atomic mass is 9.61. The van der Waals surface area contributed by atoms with E-state index in [1.807, 2.05) is 13.8 Å². The zero-order chi connectivity index (χ0) is 27.9. The first-order valence-corrected chi connectivity index (χ1v) is 13.7. The van der Waals surface area contributed by atoms with Crippen molar-refractivity contribution in [3.63, 3.8) is 0 Å². The number of carboxylic acid groups (broad SMARTS) is 1. The minimum absolute atomic E-state index is 0.00166. The Labute approximate surface area is 218 Å². The molecule has 0 aromatic heterocycles. The molecule has 0 rings (SSSR count). The Hall–Kier alpha value is -2.24. The average Bonchev–Trinajstić information content (AvgIpc) is 2.77. The van der Waals surface area contributed by atoms with Crippen LogP contribution in [0.2, 0.25) is 0 Å². The second-order valence-corrected chi connectivity index (χ2v) is 11.0. The van der Waals surface area contributed by atoms with Crippen LogP contribution in [0.4, 0.5) is 4.79 Å². The Balaban J connectivity index is 5.19. The van der Waals surface area contributed by atoms with Gasteiger partial charge in [-0.1, -0.05) is 111 Å². The number of hydrogen-bond donors (Lipinski definition) is 1. The van der Waals surface area contributed by atoms with Crippen molar-refractivity contribution in [1.82, 2.24) is 0 Å². The van der Waals surface area contributed by atoms with Gasteiger partial charge in [-0.2, -0.15) is 0 Å². The van der Waals surface area contributed by atoms with Gasteiger partial charge in [-0.25, -0.2) is 9.59 Å². The lowest BCUT2D eigenvalue weighted by Gasteiger charge is -2.38. The Morgan fingerprint density at radius 2 is 1.06 bits per heavy atom. The second kappa shape index (κ2) is 17.3. The fraction of sp³-hybridized carbons (Fsp3) is 0.733. The van der Waals surface area contributed by atoms with Crippen molar-refractivity contribution in [3.05, 3.63) is 24.3 Å². The molecule has 0 aliphatic rings. The second-order valence-electron chi connectivity index (χ2n) is 11.0. The van der Waals surface area contributed by atoms with Gasteiger partial charge in [0.15, 0.2) is 17.0 Å². The molecule has 0 aliphatic carbocycles. The molecule has 1 unspecified atom stereocenters. The molecule has 0 radical (unpaired) electrons. The van der Waals surface area contributed by atoms with Gasteiger partial charge < -0.3 is 9.84 Å². The summed E-state index contributed by atoms with van der Waals surface area (Å²) in [6, 6.07) is 0. The number of ether oxygens (including phenoxy) is 1. The quantitative estimate of drug-likeness (QED) is 0.0775. The highest BCUT2D eigenvalue weighted by atomic mass is 16.7. The SMILES string of the molecule is C=C(C)C(=O)C(C(=O)OC(=O)O)(C(=O)C(=C)C)C(CCCCCCCCCCCCC(C)C)C(C)C. The molecule has 0 aromatic rings. The molecule has 1 N–H and O–H groups in total. The van der Waals surface area contributed by atoms with E-state index in [0.29, 0.717) is 12.8 Å². The van der Waals surface area contributed by atoms with E-state index in [-0.39, 0.29) is 17.1 Å². The van der Waals surface area contributed by atoms with Gasteiger partial charge in [0.2, 0.25) is 0 Å². The van der Waals surface area contributed by atoms with Crippen molar-refractivity contribution in [2.75, 3.05) is 0 Å². The molecule has 0 saturated heterocycles. The number of carbonyl (C=O) groups is 4. The number of allylic oxidation sites excluding steroid dienone is 2. The van der Waals surface area contributed by atoms with E-state index in [1.165, 1.54) is 58.8 Å². The normalized spacial score (nSPS) is 12.4. The summed E-state index contributed by atoms with van der Waals surface area (Å²) in [4.78, 5) is 51.0. The summed E-state index contributed by atoms with van der Waals surface area (Å²) in [5.41, 5.74) is -2.29. The van der Waals surface area contributed by atoms with Crippen LogP contribution in [0.15, 0.2) is 24.3 Å². The van der Waals surface area contributed by atoms with Crippen LogP contribution in [0.1, 0.15) is 119 Å². The zero-order valence-electron chi connectivity index (χ0n) is 23.6. The summed E-state index contributed by atoms with van der Waals surface area (Å²) >= 11 is 0. The number of hydrogen-bond acceptors (Lipinski definition) is 5. The molecular formula is C30H50O6. The van der Waals surface area contributed by atoms with Gasteiger partial charge >= 0.3 is 12.1 Å². The van der Waals surface area contributed by atoms with Crippen molar-refractivity contribution in [2.24, 2.45) is 23.2 Å². The Kier molecular flexibility index (Phi) is 16.2. The zero-order valence-corrected chi connectivity index (χ0v) is 23.6. The fourth-order valence-electron chi connectivity index (χ4n) is 4.99. The lowest BCUT2D eigenvalue weighted by Crippen LogP contribution is -2.55. The number of unbranched alkanes of at least 4 members (excludes halogenated alkanes) is 9. The fourth-order valence-corrected chi connectivity index (χ4v) is 4.99. The average molecular weight is 507 g/mol. The predicted molar refractivity (Wildman–Crippen MR) is 145 cm³/mol. The van der Waals surface area contributed by atoms with Crippen molar-refractivity contribution in [1.29, 1.82) is 0 Å². The Morgan fingerprint density at radius 1 is 0.694 bits per heavy atom. The first-order chi connectivity index (χ1) is 16.8.